The second-order valence-corrected chi connectivity index (χ2v) is 4.99. The lowest BCUT2D eigenvalue weighted by atomic mass is 9.94. The molecule has 2 atom stereocenters. The molecule has 0 spiro atoms. The van der Waals surface area contributed by atoms with E-state index >= 15 is 0 Å². The maximum atomic E-state index is 12.5. The number of hydrogen-bond donors (Lipinski definition) is 0. The second kappa shape index (κ2) is 5.69. The molecule has 2 heterocycles. The molecule has 2 saturated heterocycles. The zero-order valence-electron chi connectivity index (χ0n) is 11.2. The Labute approximate surface area is 108 Å². The lowest BCUT2D eigenvalue weighted by Gasteiger charge is -2.46. The first-order valence-corrected chi connectivity index (χ1v) is 6.80. The summed E-state index contributed by atoms with van der Waals surface area (Å²) in [6, 6.07) is -0.507. The van der Waals surface area contributed by atoms with Gasteiger partial charge < -0.3 is 14.5 Å². The smallest absolute Gasteiger partial charge is 0.246 e. The molecule has 0 aromatic rings. The van der Waals surface area contributed by atoms with Gasteiger partial charge in [0.2, 0.25) is 11.8 Å². The Morgan fingerprint density at radius 2 is 2.06 bits per heavy atom. The van der Waals surface area contributed by atoms with E-state index in [1.807, 2.05) is 6.92 Å². The molecule has 0 aliphatic carbocycles. The molecule has 5 heteroatoms. The van der Waals surface area contributed by atoms with Crippen LogP contribution in [0, 0.1) is 0 Å². The van der Waals surface area contributed by atoms with E-state index in [-0.39, 0.29) is 23.9 Å². The van der Waals surface area contributed by atoms with Crippen molar-refractivity contribution in [1.82, 2.24) is 9.80 Å². The monoisotopic (exact) mass is 254 g/mol. The Bertz CT molecular complexity index is 332. The Hall–Kier alpha value is -1.10. The van der Waals surface area contributed by atoms with E-state index < -0.39 is 0 Å². The summed E-state index contributed by atoms with van der Waals surface area (Å²) in [5.41, 5.74) is 0. The molecule has 2 rings (SSSR count). The number of carbonyl (C=O) groups is 2. The number of fused-ring (bicyclic) bond motifs is 1. The molecule has 0 radical (unpaired) electrons. The van der Waals surface area contributed by atoms with E-state index in [9.17, 15) is 9.59 Å². The summed E-state index contributed by atoms with van der Waals surface area (Å²) in [4.78, 5) is 28.4. The van der Waals surface area contributed by atoms with Crippen molar-refractivity contribution in [2.24, 2.45) is 0 Å². The molecule has 2 aliphatic heterocycles. The van der Waals surface area contributed by atoms with E-state index in [2.05, 4.69) is 0 Å². The predicted molar refractivity (Wildman–Crippen MR) is 67.0 cm³/mol. The fraction of sp³-hybridized carbons (Fsp3) is 0.846. The summed E-state index contributed by atoms with van der Waals surface area (Å²) in [6.07, 6.45) is 3.54. The van der Waals surface area contributed by atoms with Gasteiger partial charge in [0.05, 0.1) is 6.61 Å². The van der Waals surface area contributed by atoms with Crippen molar-refractivity contribution in [3.63, 3.8) is 0 Å². The lowest BCUT2D eigenvalue weighted by Crippen LogP contribution is -2.66. The number of piperidine rings is 1. The lowest BCUT2D eigenvalue weighted by molar-refractivity contribution is -0.164. The van der Waals surface area contributed by atoms with Gasteiger partial charge in [-0.2, -0.15) is 0 Å². The summed E-state index contributed by atoms with van der Waals surface area (Å²) < 4.78 is 5.04. The average molecular weight is 254 g/mol. The molecule has 2 amide bonds. The molecule has 0 bridgehead atoms. The fourth-order valence-corrected chi connectivity index (χ4v) is 2.97. The van der Waals surface area contributed by atoms with Crippen LogP contribution in [0.2, 0.25) is 0 Å². The first-order valence-electron chi connectivity index (χ1n) is 6.80. The van der Waals surface area contributed by atoms with Crippen LogP contribution in [0.3, 0.4) is 0 Å². The molecular weight excluding hydrogens is 232 g/mol. The summed E-state index contributed by atoms with van der Waals surface area (Å²) in [6.45, 7) is 3.70. The van der Waals surface area contributed by atoms with Crippen LogP contribution < -0.4 is 0 Å². The summed E-state index contributed by atoms with van der Waals surface area (Å²) in [7, 11) is 1.62. The molecule has 5 nitrogen and oxygen atoms in total. The van der Waals surface area contributed by atoms with Crippen molar-refractivity contribution in [3.05, 3.63) is 0 Å². The highest BCUT2D eigenvalue weighted by Crippen LogP contribution is 2.27. The standard InChI is InChI=1S/C13H22N2O3/c1-3-10-12(16)14-7-5-4-6-11(14)13(17)15(10)8-9-18-2/h10-11H,3-9H2,1-2H3. The number of methoxy groups -OCH3 is 1. The van der Waals surface area contributed by atoms with Gasteiger partial charge in [-0.25, -0.2) is 0 Å². The normalized spacial score (nSPS) is 28.6. The first-order chi connectivity index (χ1) is 8.70. The van der Waals surface area contributed by atoms with Gasteiger partial charge in [0, 0.05) is 20.2 Å². The van der Waals surface area contributed by atoms with E-state index in [0.29, 0.717) is 19.6 Å². The van der Waals surface area contributed by atoms with Gasteiger partial charge in [-0.3, -0.25) is 9.59 Å². The number of amides is 2. The minimum atomic E-state index is -0.290. The third-order valence-electron chi connectivity index (χ3n) is 3.94. The van der Waals surface area contributed by atoms with Crippen molar-refractivity contribution >= 4 is 11.8 Å². The SMILES string of the molecule is CCC1C(=O)N2CCCCC2C(=O)N1CCOC. The van der Waals surface area contributed by atoms with Crippen molar-refractivity contribution in [3.8, 4) is 0 Å². The molecule has 18 heavy (non-hydrogen) atoms. The van der Waals surface area contributed by atoms with Gasteiger partial charge in [0.15, 0.2) is 0 Å². The van der Waals surface area contributed by atoms with Crippen LogP contribution in [0.1, 0.15) is 32.6 Å². The molecule has 102 valence electrons. The van der Waals surface area contributed by atoms with Crippen LogP contribution in [0.5, 0.6) is 0 Å². The Kier molecular flexibility index (Phi) is 4.22. The first kappa shape index (κ1) is 13.3. The molecule has 2 aliphatic rings. The minimum Gasteiger partial charge on any atom is -0.383 e. The maximum absolute atomic E-state index is 12.5. The fourth-order valence-electron chi connectivity index (χ4n) is 2.97. The van der Waals surface area contributed by atoms with Crippen LogP contribution in [0.15, 0.2) is 0 Å². The average Bonchev–Trinajstić information content (AvgIpc) is 2.41. The predicted octanol–water partition coefficient (Wildman–Crippen LogP) is 0.635. The van der Waals surface area contributed by atoms with Crippen molar-refractivity contribution in [1.29, 1.82) is 0 Å². The molecule has 0 saturated carbocycles. The maximum Gasteiger partial charge on any atom is 0.246 e. The largest absolute Gasteiger partial charge is 0.383 e. The van der Waals surface area contributed by atoms with Crippen molar-refractivity contribution in [2.75, 3.05) is 26.8 Å². The van der Waals surface area contributed by atoms with Crippen LogP contribution in [0.25, 0.3) is 0 Å². The quantitative estimate of drug-likeness (QED) is 0.739. The Morgan fingerprint density at radius 1 is 1.28 bits per heavy atom. The molecule has 0 aromatic carbocycles. The third kappa shape index (κ3) is 2.23. The minimum absolute atomic E-state index is 0.109. The third-order valence-corrected chi connectivity index (χ3v) is 3.94. The highest BCUT2D eigenvalue weighted by molar-refractivity contribution is 5.97. The van der Waals surface area contributed by atoms with E-state index in [4.69, 9.17) is 4.74 Å². The van der Waals surface area contributed by atoms with Crippen LogP contribution >= 0.6 is 0 Å². The molecule has 2 fully saturated rings. The molecule has 0 aromatic heterocycles. The highest BCUT2D eigenvalue weighted by atomic mass is 16.5. The van der Waals surface area contributed by atoms with Crippen LogP contribution in [-0.2, 0) is 14.3 Å². The van der Waals surface area contributed by atoms with Crippen molar-refractivity contribution < 1.29 is 14.3 Å². The topological polar surface area (TPSA) is 49.9 Å². The van der Waals surface area contributed by atoms with Gasteiger partial charge in [0.1, 0.15) is 12.1 Å². The van der Waals surface area contributed by atoms with Gasteiger partial charge in [-0.05, 0) is 25.7 Å². The highest BCUT2D eigenvalue weighted by Gasteiger charge is 2.45. The summed E-state index contributed by atoms with van der Waals surface area (Å²) in [5.74, 6) is 0.233. The van der Waals surface area contributed by atoms with Gasteiger partial charge >= 0.3 is 0 Å². The van der Waals surface area contributed by atoms with E-state index in [0.717, 1.165) is 25.8 Å². The molecule has 2 unspecified atom stereocenters. The van der Waals surface area contributed by atoms with E-state index in [1.54, 1.807) is 16.9 Å². The summed E-state index contributed by atoms with van der Waals surface area (Å²) in [5, 5.41) is 0. The number of rotatable bonds is 4. The number of carbonyl (C=O) groups excluding carboxylic acids is 2. The Balaban J connectivity index is 2.18. The second-order valence-electron chi connectivity index (χ2n) is 4.99. The number of nitrogens with zero attached hydrogens (tertiary/aromatic N) is 2. The zero-order valence-corrected chi connectivity index (χ0v) is 11.2. The van der Waals surface area contributed by atoms with Gasteiger partial charge in [0.25, 0.3) is 0 Å². The number of piperazine rings is 1. The number of ether oxygens (including phenoxy) is 1. The summed E-state index contributed by atoms with van der Waals surface area (Å²) >= 11 is 0. The Morgan fingerprint density at radius 3 is 2.72 bits per heavy atom. The van der Waals surface area contributed by atoms with Crippen molar-refractivity contribution in [2.45, 2.75) is 44.7 Å². The van der Waals surface area contributed by atoms with Crippen LogP contribution in [-0.4, -0.2) is 60.5 Å². The number of hydrogen-bond acceptors (Lipinski definition) is 3. The molecule has 0 N–H and O–H groups in total. The molecular formula is C13H22N2O3. The van der Waals surface area contributed by atoms with Crippen LogP contribution in [0.4, 0.5) is 0 Å². The zero-order chi connectivity index (χ0) is 13.1. The van der Waals surface area contributed by atoms with Gasteiger partial charge in [-0.1, -0.05) is 6.92 Å². The van der Waals surface area contributed by atoms with Gasteiger partial charge in [-0.15, -0.1) is 0 Å². The van der Waals surface area contributed by atoms with E-state index in [1.165, 1.54) is 0 Å².